The second-order valence-electron chi connectivity index (χ2n) is 4.37. The molecule has 4 nitrogen and oxygen atoms in total. The molecule has 0 bridgehead atoms. The third-order valence-corrected chi connectivity index (χ3v) is 3.97. The van der Waals surface area contributed by atoms with Crippen LogP contribution < -0.4 is 4.57 Å². The first-order chi connectivity index (χ1) is 9.57. The molecule has 0 saturated heterocycles. The van der Waals surface area contributed by atoms with Crippen molar-refractivity contribution in [2.24, 2.45) is 0 Å². The van der Waals surface area contributed by atoms with Crippen LogP contribution in [0.3, 0.4) is 0 Å². The van der Waals surface area contributed by atoms with Crippen LogP contribution in [-0.4, -0.2) is 13.0 Å². The highest BCUT2D eigenvalue weighted by molar-refractivity contribution is 7.85. The lowest BCUT2D eigenvalue weighted by Crippen LogP contribution is -2.37. The highest BCUT2D eigenvalue weighted by atomic mass is 32.2. The standard InChI is InChI=1S/C15H11NO3S/c17-20(18,19)15-14-9-5-4-6-12(14)10-11-16(15)13-7-2-1-3-8-13/h1-11H. The van der Waals surface area contributed by atoms with E-state index >= 15 is 0 Å². The third-order valence-electron chi connectivity index (χ3n) is 3.08. The summed E-state index contributed by atoms with van der Waals surface area (Å²) in [5, 5.41) is 0.907. The van der Waals surface area contributed by atoms with E-state index < -0.39 is 10.1 Å². The van der Waals surface area contributed by atoms with E-state index in [1.165, 1.54) is 4.57 Å². The maximum Gasteiger partial charge on any atom is 0.298 e. The molecular weight excluding hydrogens is 274 g/mol. The third kappa shape index (κ3) is 2.17. The van der Waals surface area contributed by atoms with Crippen LogP contribution in [0.5, 0.6) is 0 Å². The zero-order chi connectivity index (χ0) is 14.2. The molecule has 0 spiro atoms. The van der Waals surface area contributed by atoms with Crippen molar-refractivity contribution < 1.29 is 17.5 Å². The molecule has 3 aromatic rings. The van der Waals surface area contributed by atoms with Gasteiger partial charge >= 0.3 is 0 Å². The molecule has 5 heteroatoms. The van der Waals surface area contributed by atoms with Crippen molar-refractivity contribution in [2.45, 2.75) is 5.03 Å². The van der Waals surface area contributed by atoms with Gasteiger partial charge in [-0.2, -0.15) is 4.57 Å². The first kappa shape index (κ1) is 12.8. The van der Waals surface area contributed by atoms with Gasteiger partial charge in [0.1, 0.15) is 0 Å². The lowest BCUT2D eigenvalue weighted by molar-refractivity contribution is -0.635. The normalized spacial score (nSPS) is 11.7. The summed E-state index contributed by atoms with van der Waals surface area (Å²) in [6.45, 7) is 0. The Bertz CT molecular complexity index is 874. The van der Waals surface area contributed by atoms with Gasteiger partial charge in [0.05, 0.1) is 5.39 Å². The van der Waals surface area contributed by atoms with Crippen molar-refractivity contribution in [3.63, 3.8) is 0 Å². The van der Waals surface area contributed by atoms with Crippen LogP contribution >= 0.6 is 0 Å². The van der Waals surface area contributed by atoms with Gasteiger partial charge in [0, 0.05) is 18.2 Å². The van der Waals surface area contributed by atoms with Gasteiger partial charge < -0.3 is 4.55 Å². The molecule has 0 atom stereocenters. The molecule has 0 aliphatic rings. The molecule has 0 aliphatic carbocycles. The molecule has 1 heterocycles. The fraction of sp³-hybridized carbons (Fsp3) is 0. The fourth-order valence-electron chi connectivity index (χ4n) is 2.24. The van der Waals surface area contributed by atoms with E-state index in [0.29, 0.717) is 16.5 Å². The summed E-state index contributed by atoms with van der Waals surface area (Å²) in [5.41, 5.74) is 0.632. The second kappa shape index (κ2) is 4.70. The van der Waals surface area contributed by atoms with E-state index in [4.69, 9.17) is 0 Å². The number of rotatable bonds is 2. The minimum Gasteiger partial charge on any atom is -0.739 e. The molecular formula is C15H11NO3S. The van der Waals surface area contributed by atoms with Crippen molar-refractivity contribution in [2.75, 3.05) is 0 Å². The van der Waals surface area contributed by atoms with Crippen LogP contribution in [-0.2, 0) is 10.1 Å². The SMILES string of the molecule is O=S(=O)([O-])c1c2ccccc2cc[n+]1-c1ccccc1. The lowest BCUT2D eigenvalue weighted by Gasteiger charge is -2.09. The molecule has 0 aliphatic heterocycles. The molecule has 0 N–H and O–H groups in total. The van der Waals surface area contributed by atoms with Crippen molar-refractivity contribution in [3.8, 4) is 5.69 Å². The van der Waals surface area contributed by atoms with E-state index in [9.17, 15) is 13.0 Å². The Morgan fingerprint density at radius 1 is 0.850 bits per heavy atom. The molecule has 1 aromatic heterocycles. The lowest BCUT2D eigenvalue weighted by atomic mass is 10.2. The largest absolute Gasteiger partial charge is 0.739 e. The summed E-state index contributed by atoms with van der Waals surface area (Å²) in [5.74, 6) is 0. The molecule has 3 rings (SSSR count). The summed E-state index contributed by atoms with van der Waals surface area (Å²) in [6.07, 6.45) is 1.60. The Morgan fingerprint density at radius 3 is 2.20 bits per heavy atom. The van der Waals surface area contributed by atoms with Crippen LogP contribution in [0.15, 0.2) is 71.9 Å². The Kier molecular flexibility index (Phi) is 3.00. The molecule has 0 unspecified atom stereocenters. The first-order valence-electron chi connectivity index (χ1n) is 6.02. The minimum absolute atomic E-state index is 0.234. The number of fused-ring (bicyclic) bond motifs is 1. The molecule has 100 valence electrons. The van der Waals surface area contributed by atoms with Crippen LogP contribution in [0.25, 0.3) is 16.5 Å². The predicted octanol–water partition coefficient (Wildman–Crippen LogP) is 2.02. The van der Waals surface area contributed by atoms with E-state index in [0.717, 1.165) is 0 Å². The number of aromatic nitrogens is 1. The van der Waals surface area contributed by atoms with Crippen LogP contribution in [0, 0.1) is 0 Å². The van der Waals surface area contributed by atoms with Gasteiger partial charge in [-0.1, -0.05) is 36.4 Å². The van der Waals surface area contributed by atoms with Crippen molar-refractivity contribution in [1.82, 2.24) is 0 Å². The van der Waals surface area contributed by atoms with Crippen molar-refractivity contribution >= 4 is 20.9 Å². The molecule has 0 fully saturated rings. The summed E-state index contributed by atoms with van der Waals surface area (Å²) >= 11 is 0. The summed E-state index contributed by atoms with van der Waals surface area (Å²) in [7, 11) is -4.60. The first-order valence-corrected chi connectivity index (χ1v) is 7.43. The van der Waals surface area contributed by atoms with Gasteiger partial charge in [0.15, 0.2) is 16.3 Å². The van der Waals surface area contributed by atoms with Crippen molar-refractivity contribution in [3.05, 3.63) is 66.9 Å². The predicted molar refractivity (Wildman–Crippen MR) is 73.4 cm³/mol. The van der Waals surface area contributed by atoms with Gasteiger partial charge in [-0.05, 0) is 11.5 Å². The van der Waals surface area contributed by atoms with Crippen molar-refractivity contribution in [1.29, 1.82) is 0 Å². The highest BCUT2D eigenvalue weighted by Gasteiger charge is 2.22. The van der Waals surface area contributed by atoms with Gasteiger partial charge in [0.2, 0.25) is 5.69 Å². The zero-order valence-corrected chi connectivity index (χ0v) is 11.2. The summed E-state index contributed by atoms with van der Waals surface area (Å²) in [4.78, 5) is 0. The number of pyridine rings is 1. The minimum atomic E-state index is -4.60. The highest BCUT2D eigenvalue weighted by Crippen LogP contribution is 2.20. The monoisotopic (exact) mass is 285 g/mol. The number of hydrogen-bond acceptors (Lipinski definition) is 3. The van der Waals surface area contributed by atoms with E-state index in [1.807, 2.05) is 6.07 Å². The van der Waals surface area contributed by atoms with Gasteiger partial charge in [-0.25, -0.2) is 8.42 Å². The molecule has 0 radical (unpaired) electrons. The quantitative estimate of drug-likeness (QED) is 0.534. The number of benzene rings is 2. The number of nitrogens with zero attached hydrogens (tertiary/aromatic N) is 1. The van der Waals surface area contributed by atoms with Gasteiger partial charge in [-0.3, -0.25) is 0 Å². The van der Waals surface area contributed by atoms with Gasteiger partial charge in [-0.15, -0.1) is 0 Å². The molecule has 0 saturated carbocycles. The Balaban J connectivity index is 2.45. The Morgan fingerprint density at radius 2 is 1.50 bits per heavy atom. The summed E-state index contributed by atoms with van der Waals surface area (Å²) < 4.78 is 36.4. The average Bonchev–Trinajstić information content (AvgIpc) is 2.46. The Hall–Kier alpha value is -2.24. The fourth-order valence-corrected chi connectivity index (χ4v) is 3.10. The summed E-state index contributed by atoms with van der Waals surface area (Å²) in [6, 6.07) is 17.6. The maximum atomic E-state index is 11.7. The molecule has 0 amide bonds. The molecule has 2 aromatic carbocycles. The second-order valence-corrected chi connectivity index (χ2v) is 5.66. The van der Waals surface area contributed by atoms with Crippen LogP contribution in [0.1, 0.15) is 0 Å². The Labute approximate surface area is 116 Å². The van der Waals surface area contributed by atoms with E-state index in [1.54, 1.807) is 60.8 Å². The number of para-hydroxylation sites is 1. The zero-order valence-electron chi connectivity index (χ0n) is 10.4. The average molecular weight is 285 g/mol. The van der Waals surface area contributed by atoms with Crippen LogP contribution in [0.4, 0.5) is 0 Å². The van der Waals surface area contributed by atoms with Crippen LogP contribution in [0.2, 0.25) is 0 Å². The number of hydrogen-bond donors (Lipinski definition) is 0. The molecule has 20 heavy (non-hydrogen) atoms. The topological polar surface area (TPSA) is 61.1 Å². The van der Waals surface area contributed by atoms with E-state index in [2.05, 4.69) is 0 Å². The van der Waals surface area contributed by atoms with Gasteiger partial charge in [0.25, 0.3) is 5.03 Å². The maximum absolute atomic E-state index is 11.7. The van der Waals surface area contributed by atoms with E-state index in [-0.39, 0.29) is 5.03 Å². The smallest absolute Gasteiger partial charge is 0.298 e.